The van der Waals surface area contributed by atoms with Crippen LogP contribution < -0.4 is 10.6 Å². The molecular formula is C16H12N2O2S. The number of hydrogen-bond acceptors (Lipinski definition) is 3. The van der Waals surface area contributed by atoms with Crippen molar-refractivity contribution >= 4 is 35.0 Å². The first-order valence-corrected chi connectivity index (χ1v) is 7.20. The van der Waals surface area contributed by atoms with Crippen LogP contribution in [0.25, 0.3) is 0 Å². The van der Waals surface area contributed by atoms with E-state index < -0.39 is 0 Å². The summed E-state index contributed by atoms with van der Waals surface area (Å²) in [6.45, 7) is 0. The standard InChI is InChI=1S/C16H12N2O2S/c19-15(17-11-6-2-1-3-7-11)10-14-16(20)18-12-8-4-5-9-13(12)21-14/h1-10H,(H,17,19)(H,18,20). The highest BCUT2D eigenvalue weighted by molar-refractivity contribution is 8.04. The Labute approximate surface area is 126 Å². The summed E-state index contributed by atoms with van der Waals surface area (Å²) in [7, 11) is 0. The van der Waals surface area contributed by atoms with Crippen molar-refractivity contribution in [2.24, 2.45) is 0 Å². The maximum Gasteiger partial charge on any atom is 0.262 e. The van der Waals surface area contributed by atoms with Crippen molar-refractivity contribution in [2.45, 2.75) is 4.90 Å². The van der Waals surface area contributed by atoms with Gasteiger partial charge >= 0.3 is 0 Å². The number of benzene rings is 2. The van der Waals surface area contributed by atoms with Gasteiger partial charge in [0.25, 0.3) is 5.91 Å². The molecule has 2 aromatic carbocycles. The molecule has 0 saturated heterocycles. The van der Waals surface area contributed by atoms with Gasteiger partial charge in [-0.3, -0.25) is 9.59 Å². The van der Waals surface area contributed by atoms with E-state index in [1.54, 1.807) is 12.1 Å². The molecule has 1 aliphatic rings. The van der Waals surface area contributed by atoms with E-state index in [1.165, 1.54) is 17.8 Å². The number of anilines is 2. The van der Waals surface area contributed by atoms with Crippen LogP contribution in [0.15, 0.2) is 70.5 Å². The third-order valence-corrected chi connectivity index (χ3v) is 3.98. The Morgan fingerprint density at radius 2 is 1.76 bits per heavy atom. The summed E-state index contributed by atoms with van der Waals surface area (Å²) in [6.07, 6.45) is 1.32. The molecule has 104 valence electrons. The predicted molar refractivity (Wildman–Crippen MR) is 84.1 cm³/mol. The van der Waals surface area contributed by atoms with E-state index in [-0.39, 0.29) is 11.8 Å². The average Bonchev–Trinajstić information content (AvgIpc) is 2.49. The lowest BCUT2D eigenvalue weighted by molar-refractivity contribution is -0.114. The number of fused-ring (bicyclic) bond motifs is 1. The number of nitrogens with one attached hydrogen (secondary N) is 2. The molecule has 0 aromatic heterocycles. The summed E-state index contributed by atoms with van der Waals surface area (Å²) in [5.41, 5.74) is 1.47. The predicted octanol–water partition coefficient (Wildman–Crippen LogP) is 3.25. The number of carbonyl (C=O) groups is 2. The number of carbonyl (C=O) groups excluding carboxylic acids is 2. The van der Waals surface area contributed by atoms with Gasteiger partial charge in [0.1, 0.15) is 0 Å². The van der Waals surface area contributed by atoms with E-state index in [0.29, 0.717) is 10.6 Å². The Bertz CT molecular complexity index is 726. The summed E-state index contributed by atoms with van der Waals surface area (Å²) < 4.78 is 0. The van der Waals surface area contributed by atoms with E-state index >= 15 is 0 Å². The van der Waals surface area contributed by atoms with Gasteiger partial charge in [0.15, 0.2) is 0 Å². The molecule has 21 heavy (non-hydrogen) atoms. The van der Waals surface area contributed by atoms with Crippen LogP contribution >= 0.6 is 11.8 Å². The van der Waals surface area contributed by atoms with Gasteiger partial charge in [-0.05, 0) is 24.3 Å². The minimum Gasteiger partial charge on any atom is -0.322 e. The highest BCUT2D eigenvalue weighted by Gasteiger charge is 2.21. The fourth-order valence-electron chi connectivity index (χ4n) is 1.92. The molecule has 0 atom stereocenters. The van der Waals surface area contributed by atoms with Crippen molar-refractivity contribution < 1.29 is 9.59 Å². The molecule has 0 radical (unpaired) electrons. The van der Waals surface area contributed by atoms with Crippen molar-refractivity contribution in [1.82, 2.24) is 0 Å². The van der Waals surface area contributed by atoms with Gasteiger partial charge in [0, 0.05) is 16.7 Å². The molecule has 0 aliphatic carbocycles. The first-order valence-electron chi connectivity index (χ1n) is 6.38. The molecule has 1 heterocycles. The molecule has 2 aromatic rings. The summed E-state index contributed by atoms with van der Waals surface area (Å²) in [4.78, 5) is 25.2. The van der Waals surface area contributed by atoms with Gasteiger partial charge < -0.3 is 10.6 Å². The Kier molecular flexibility index (Phi) is 3.75. The molecule has 0 bridgehead atoms. The van der Waals surface area contributed by atoms with E-state index in [2.05, 4.69) is 10.6 Å². The molecule has 3 rings (SSSR count). The Hall–Kier alpha value is -2.53. The smallest absolute Gasteiger partial charge is 0.262 e. The second-order valence-electron chi connectivity index (χ2n) is 4.42. The number of hydrogen-bond donors (Lipinski definition) is 2. The Balaban J connectivity index is 1.77. The van der Waals surface area contributed by atoms with Crippen LogP contribution in [0.3, 0.4) is 0 Å². The van der Waals surface area contributed by atoms with Crippen LogP contribution in [-0.4, -0.2) is 11.8 Å². The lowest BCUT2D eigenvalue weighted by Gasteiger charge is -2.17. The fraction of sp³-hybridized carbons (Fsp3) is 0. The van der Waals surface area contributed by atoms with Gasteiger partial charge in [-0.1, -0.05) is 42.1 Å². The Morgan fingerprint density at radius 1 is 1.05 bits per heavy atom. The van der Waals surface area contributed by atoms with Crippen LogP contribution in [0.4, 0.5) is 11.4 Å². The zero-order valence-electron chi connectivity index (χ0n) is 11.0. The lowest BCUT2D eigenvalue weighted by atomic mass is 10.3. The van der Waals surface area contributed by atoms with Crippen molar-refractivity contribution in [1.29, 1.82) is 0 Å². The van der Waals surface area contributed by atoms with Crippen LogP contribution in [0.1, 0.15) is 0 Å². The third kappa shape index (κ3) is 3.14. The van der Waals surface area contributed by atoms with Gasteiger partial charge in [-0.15, -0.1) is 0 Å². The minimum atomic E-state index is -0.321. The summed E-state index contributed by atoms with van der Waals surface area (Å²) in [6, 6.07) is 16.6. The van der Waals surface area contributed by atoms with Crippen molar-refractivity contribution in [3.63, 3.8) is 0 Å². The summed E-state index contributed by atoms with van der Waals surface area (Å²) in [5.74, 6) is -0.583. The zero-order valence-corrected chi connectivity index (χ0v) is 11.8. The molecule has 4 nitrogen and oxygen atoms in total. The highest BCUT2D eigenvalue weighted by Crippen LogP contribution is 2.37. The van der Waals surface area contributed by atoms with E-state index in [1.807, 2.05) is 42.5 Å². The highest BCUT2D eigenvalue weighted by atomic mass is 32.2. The molecule has 0 spiro atoms. The van der Waals surface area contributed by atoms with Gasteiger partial charge in [-0.2, -0.15) is 0 Å². The van der Waals surface area contributed by atoms with Crippen LogP contribution in [0.5, 0.6) is 0 Å². The van der Waals surface area contributed by atoms with E-state index in [9.17, 15) is 9.59 Å². The van der Waals surface area contributed by atoms with Crippen LogP contribution in [0, 0.1) is 0 Å². The molecule has 5 heteroatoms. The first-order chi connectivity index (χ1) is 10.2. The summed E-state index contributed by atoms with van der Waals surface area (Å²) in [5, 5.41) is 5.50. The second kappa shape index (κ2) is 5.85. The maximum absolute atomic E-state index is 12.0. The van der Waals surface area contributed by atoms with E-state index in [0.717, 1.165) is 10.6 Å². The number of thioether (sulfide) groups is 1. The van der Waals surface area contributed by atoms with Gasteiger partial charge in [0.2, 0.25) is 5.91 Å². The molecule has 0 fully saturated rings. The number of rotatable bonds is 2. The van der Waals surface area contributed by atoms with Crippen LogP contribution in [-0.2, 0) is 9.59 Å². The van der Waals surface area contributed by atoms with Crippen molar-refractivity contribution in [3.05, 3.63) is 65.6 Å². The number of amides is 2. The minimum absolute atomic E-state index is 0.262. The van der Waals surface area contributed by atoms with Crippen LogP contribution in [0.2, 0.25) is 0 Å². The molecule has 0 saturated carbocycles. The van der Waals surface area contributed by atoms with Crippen molar-refractivity contribution in [3.8, 4) is 0 Å². The van der Waals surface area contributed by atoms with E-state index in [4.69, 9.17) is 0 Å². The molecule has 0 unspecified atom stereocenters. The SMILES string of the molecule is O=C(C=C1Sc2ccccc2NC1=O)Nc1ccccc1. The monoisotopic (exact) mass is 296 g/mol. The number of para-hydroxylation sites is 2. The normalized spacial score (nSPS) is 15.2. The first kappa shape index (κ1) is 13.5. The molecule has 2 N–H and O–H groups in total. The van der Waals surface area contributed by atoms with Gasteiger partial charge in [-0.25, -0.2) is 0 Å². The third-order valence-electron chi connectivity index (χ3n) is 2.88. The average molecular weight is 296 g/mol. The summed E-state index contributed by atoms with van der Waals surface area (Å²) >= 11 is 1.29. The lowest BCUT2D eigenvalue weighted by Crippen LogP contribution is -2.19. The largest absolute Gasteiger partial charge is 0.322 e. The molecule has 1 aliphatic heterocycles. The quantitative estimate of drug-likeness (QED) is 0.836. The molecular weight excluding hydrogens is 284 g/mol. The topological polar surface area (TPSA) is 58.2 Å². The zero-order chi connectivity index (χ0) is 14.7. The molecule has 2 amide bonds. The van der Waals surface area contributed by atoms with Crippen molar-refractivity contribution in [2.75, 3.05) is 10.6 Å². The van der Waals surface area contributed by atoms with Gasteiger partial charge in [0.05, 0.1) is 10.6 Å². The Morgan fingerprint density at radius 3 is 2.57 bits per heavy atom. The second-order valence-corrected chi connectivity index (χ2v) is 5.50. The maximum atomic E-state index is 12.0. The fourth-order valence-corrected chi connectivity index (χ4v) is 2.84.